The molecule has 0 spiro atoms. The minimum Gasteiger partial charge on any atom is -0.446 e. The normalized spacial score (nSPS) is 20.0. The van der Waals surface area contributed by atoms with E-state index < -0.39 is 12.1 Å². The summed E-state index contributed by atoms with van der Waals surface area (Å²) < 4.78 is 5.71. The van der Waals surface area contributed by atoms with Gasteiger partial charge in [-0.1, -0.05) is 36.4 Å². The van der Waals surface area contributed by atoms with E-state index in [2.05, 4.69) is 26.2 Å². The number of rotatable bonds is 11. The quantitative estimate of drug-likeness (QED) is 0.293. The van der Waals surface area contributed by atoms with E-state index in [0.29, 0.717) is 39.0 Å². The lowest BCUT2D eigenvalue weighted by Gasteiger charge is -2.34. The molecular weight excluding hydrogens is 510 g/mol. The number of anilines is 1. The predicted molar refractivity (Wildman–Crippen MR) is 151 cm³/mol. The maximum atomic E-state index is 13.3. The standard InChI is InChI=1S/C30H39N5O5/c36-19-21-10-11-26-25(15-21)27(28(37)34-26)35(18-22-16-31-29(38)32-17-22)13-12-23(14-20-6-2-1-3-7-20)33-30(39)40-24-8-4-5-9-24/h1-3,6-7,10-11,15,22-24,27,36H,4-5,8-9,12-14,16-19H2,(H,33,39)(H,34,37)(H2,31,32,38). The van der Waals surface area contributed by atoms with Crippen LogP contribution >= 0.6 is 0 Å². The topological polar surface area (TPSA) is 132 Å². The van der Waals surface area contributed by atoms with Crippen molar-refractivity contribution in [1.82, 2.24) is 20.9 Å². The fraction of sp³-hybridized carbons (Fsp3) is 0.500. The number of carbonyl (C=O) groups excluding carboxylic acids is 3. The van der Waals surface area contributed by atoms with Crippen molar-refractivity contribution in [3.8, 4) is 0 Å². The minimum absolute atomic E-state index is 0.0257. The number of benzene rings is 2. The molecule has 2 aromatic carbocycles. The average Bonchev–Trinajstić information content (AvgIpc) is 3.58. The first kappa shape index (κ1) is 27.9. The van der Waals surface area contributed by atoms with E-state index in [9.17, 15) is 19.5 Å². The molecule has 2 aliphatic heterocycles. The van der Waals surface area contributed by atoms with Gasteiger partial charge < -0.3 is 31.1 Å². The Hall–Kier alpha value is -3.63. The SMILES string of the molecule is O=C1NCC(CN(CCC(Cc2ccccc2)NC(=O)OC2CCCC2)C2C(=O)Nc3ccc(CO)cc32)CN1. The second kappa shape index (κ2) is 13.1. The maximum Gasteiger partial charge on any atom is 0.407 e. The molecule has 4 amide bonds. The van der Waals surface area contributed by atoms with Gasteiger partial charge in [-0.05, 0) is 61.8 Å². The van der Waals surface area contributed by atoms with Gasteiger partial charge in [0.15, 0.2) is 0 Å². The first-order valence-electron chi connectivity index (χ1n) is 14.3. The summed E-state index contributed by atoms with van der Waals surface area (Å²) in [6, 6.07) is 14.6. The highest BCUT2D eigenvalue weighted by Gasteiger charge is 2.37. The Balaban J connectivity index is 1.34. The summed E-state index contributed by atoms with van der Waals surface area (Å²) in [4.78, 5) is 39.9. The zero-order valence-electron chi connectivity index (χ0n) is 22.7. The van der Waals surface area contributed by atoms with Crippen LogP contribution in [-0.4, -0.2) is 66.4 Å². The van der Waals surface area contributed by atoms with E-state index in [1.807, 2.05) is 48.5 Å². The molecule has 214 valence electrons. The molecule has 2 aromatic rings. The van der Waals surface area contributed by atoms with Gasteiger partial charge in [0.1, 0.15) is 12.1 Å². The fourth-order valence-corrected chi connectivity index (χ4v) is 5.95. The van der Waals surface area contributed by atoms with Crippen LogP contribution in [-0.2, 0) is 22.6 Å². The van der Waals surface area contributed by atoms with Gasteiger partial charge in [0, 0.05) is 49.4 Å². The Morgan fingerprint density at radius 1 is 1.05 bits per heavy atom. The summed E-state index contributed by atoms with van der Waals surface area (Å²) >= 11 is 0. The Kier molecular flexibility index (Phi) is 9.18. The van der Waals surface area contributed by atoms with Crippen molar-refractivity contribution in [2.24, 2.45) is 5.92 Å². The number of hydrogen-bond donors (Lipinski definition) is 5. The second-order valence-corrected chi connectivity index (χ2v) is 11.1. The molecule has 1 saturated carbocycles. The Morgan fingerprint density at radius 3 is 2.52 bits per heavy atom. The smallest absolute Gasteiger partial charge is 0.407 e. The molecule has 1 aliphatic carbocycles. The number of nitrogens with one attached hydrogen (secondary N) is 4. The molecule has 5 rings (SSSR count). The van der Waals surface area contributed by atoms with Crippen molar-refractivity contribution in [1.29, 1.82) is 0 Å². The Bertz CT molecular complexity index is 1180. The zero-order valence-corrected chi connectivity index (χ0v) is 22.7. The second-order valence-electron chi connectivity index (χ2n) is 11.1. The van der Waals surface area contributed by atoms with Crippen molar-refractivity contribution in [2.75, 3.05) is 31.5 Å². The molecule has 0 aromatic heterocycles. The molecule has 0 radical (unpaired) electrons. The summed E-state index contributed by atoms with van der Waals surface area (Å²) in [5.41, 5.74) is 3.42. The molecule has 40 heavy (non-hydrogen) atoms. The molecule has 10 heteroatoms. The van der Waals surface area contributed by atoms with Crippen molar-refractivity contribution in [3.05, 3.63) is 65.2 Å². The van der Waals surface area contributed by atoms with E-state index in [4.69, 9.17) is 4.74 Å². The zero-order chi connectivity index (χ0) is 27.9. The van der Waals surface area contributed by atoms with Gasteiger partial charge in [-0.25, -0.2) is 9.59 Å². The van der Waals surface area contributed by atoms with Gasteiger partial charge in [-0.15, -0.1) is 0 Å². The number of hydrogen-bond acceptors (Lipinski definition) is 6. The molecule has 5 N–H and O–H groups in total. The third-order valence-electron chi connectivity index (χ3n) is 8.05. The van der Waals surface area contributed by atoms with Crippen LogP contribution in [0.5, 0.6) is 0 Å². The van der Waals surface area contributed by atoms with Crippen molar-refractivity contribution in [2.45, 2.75) is 63.3 Å². The number of aliphatic hydroxyl groups excluding tert-OH is 1. The molecule has 3 aliphatic rings. The lowest BCUT2D eigenvalue weighted by atomic mass is 9.99. The van der Waals surface area contributed by atoms with E-state index >= 15 is 0 Å². The van der Waals surface area contributed by atoms with Gasteiger partial charge in [0.2, 0.25) is 5.91 Å². The number of carbonyl (C=O) groups is 3. The van der Waals surface area contributed by atoms with Crippen molar-refractivity contribution in [3.63, 3.8) is 0 Å². The molecular formula is C30H39N5O5. The third-order valence-corrected chi connectivity index (χ3v) is 8.05. The fourth-order valence-electron chi connectivity index (χ4n) is 5.95. The highest BCUT2D eigenvalue weighted by atomic mass is 16.6. The average molecular weight is 550 g/mol. The summed E-state index contributed by atoms with van der Waals surface area (Å²) in [6.45, 7) is 2.02. The largest absolute Gasteiger partial charge is 0.446 e. The van der Waals surface area contributed by atoms with Crippen LogP contribution in [0, 0.1) is 5.92 Å². The molecule has 2 unspecified atom stereocenters. The third kappa shape index (κ3) is 7.11. The lowest BCUT2D eigenvalue weighted by Crippen LogP contribution is -2.52. The van der Waals surface area contributed by atoms with Gasteiger partial charge in [0.25, 0.3) is 0 Å². The van der Waals surface area contributed by atoms with E-state index in [0.717, 1.165) is 48.1 Å². The van der Waals surface area contributed by atoms with Crippen LogP contribution in [0.3, 0.4) is 0 Å². The van der Waals surface area contributed by atoms with Gasteiger partial charge >= 0.3 is 12.1 Å². The Morgan fingerprint density at radius 2 is 1.80 bits per heavy atom. The van der Waals surface area contributed by atoms with Crippen LogP contribution in [0.15, 0.2) is 48.5 Å². The first-order chi connectivity index (χ1) is 19.5. The number of alkyl carbamates (subject to hydrolysis) is 1. The molecule has 2 atom stereocenters. The highest BCUT2D eigenvalue weighted by molar-refractivity contribution is 6.02. The van der Waals surface area contributed by atoms with E-state index in [-0.39, 0.29) is 36.6 Å². The van der Waals surface area contributed by atoms with Crippen LogP contribution in [0.4, 0.5) is 15.3 Å². The van der Waals surface area contributed by atoms with Gasteiger partial charge in [-0.3, -0.25) is 9.69 Å². The number of aliphatic hydroxyl groups is 1. The monoisotopic (exact) mass is 549 g/mol. The van der Waals surface area contributed by atoms with E-state index in [1.165, 1.54) is 0 Å². The maximum absolute atomic E-state index is 13.3. The first-order valence-corrected chi connectivity index (χ1v) is 14.3. The Labute approximate surface area is 234 Å². The van der Waals surface area contributed by atoms with Gasteiger partial charge in [0.05, 0.1) is 6.61 Å². The van der Waals surface area contributed by atoms with Crippen LogP contribution in [0.25, 0.3) is 0 Å². The summed E-state index contributed by atoms with van der Waals surface area (Å²) in [5.74, 6) is -0.0189. The van der Waals surface area contributed by atoms with Crippen molar-refractivity contribution >= 4 is 23.7 Å². The molecule has 1 saturated heterocycles. The number of nitrogens with zero attached hydrogens (tertiary/aromatic N) is 1. The summed E-state index contributed by atoms with van der Waals surface area (Å²) in [6.07, 6.45) is 4.79. The number of amides is 4. The van der Waals surface area contributed by atoms with Crippen molar-refractivity contribution < 1.29 is 24.2 Å². The molecule has 0 bridgehead atoms. The van der Waals surface area contributed by atoms with Crippen LogP contribution in [0.2, 0.25) is 0 Å². The predicted octanol–water partition coefficient (Wildman–Crippen LogP) is 3.07. The molecule has 2 heterocycles. The minimum atomic E-state index is -0.540. The number of urea groups is 1. The molecule has 10 nitrogen and oxygen atoms in total. The number of fused-ring (bicyclic) bond motifs is 1. The van der Waals surface area contributed by atoms with Gasteiger partial charge in [-0.2, -0.15) is 0 Å². The molecule has 2 fully saturated rings. The van der Waals surface area contributed by atoms with Crippen LogP contribution < -0.4 is 21.3 Å². The lowest BCUT2D eigenvalue weighted by molar-refractivity contribution is -0.121. The summed E-state index contributed by atoms with van der Waals surface area (Å²) in [5, 5.41) is 21.5. The highest BCUT2D eigenvalue weighted by Crippen LogP contribution is 2.36. The number of ether oxygens (including phenoxy) is 1. The van der Waals surface area contributed by atoms with Crippen LogP contribution in [0.1, 0.15) is 54.8 Å². The summed E-state index contributed by atoms with van der Waals surface area (Å²) in [7, 11) is 0. The van der Waals surface area contributed by atoms with E-state index in [1.54, 1.807) is 0 Å².